The van der Waals surface area contributed by atoms with Crippen LogP contribution in [-0.4, -0.2) is 18.8 Å². The number of ether oxygens (including phenoxy) is 1. The predicted molar refractivity (Wildman–Crippen MR) is 45.7 cm³/mol. The third kappa shape index (κ3) is 5.92. The van der Waals surface area contributed by atoms with Crippen LogP contribution in [0.15, 0.2) is 12.3 Å². The number of carbonyl (C=O) groups is 1. The molecule has 0 aromatic heterocycles. The fourth-order valence-electron chi connectivity index (χ4n) is 0.652. The highest BCUT2D eigenvalue weighted by Gasteiger charge is 1.99. The number of hydrogen-bond acceptors (Lipinski definition) is 2. The number of methoxy groups -OCH3 is 1. The van der Waals surface area contributed by atoms with Gasteiger partial charge in [-0.15, -0.1) is 11.6 Å². The maximum Gasteiger partial charge on any atom is 0.147 e. The molecule has 0 atom stereocenters. The Balaban J connectivity index is 3.27. The normalized spacial score (nSPS) is 9.27. The summed E-state index contributed by atoms with van der Waals surface area (Å²) < 4.78 is 4.83. The zero-order chi connectivity index (χ0) is 8.69. The smallest absolute Gasteiger partial charge is 0.147 e. The maximum atomic E-state index is 10.7. The van der Waals surface area contributed by atoms with Gasteiger partial charge in [-0.25, -0.2) is 0 Å². The summed E-state index contributed by atoms with van der Waals surface area (Å²) in [4.78, 5) is 10.7. The summed E-state index contributed by atoms with van der Waals surface area (Å²) in [5.74, 6) is 0.905. The van der Waals surface area contributed by atoms with Gasteiger partial charge in [0.1, 0.15) is 5.78 Å². The van der Waals surface area contributed by atoms with Crippen molar-refractivity contribution in [2.75, 3.05) is 13.0 Å². The molecule has 2 nitrogen and oxygen atoms in total. The molecular formula is C8H13ClO2. The molecule has 64 valence electrons. The molecule has 0 heterocycles. The van der Waals surface area contributed by atoms with Crippen LogP contribution < -0.4 is 0 Å². The standard InChI is InChI=1S/C8H13ClO2/c1-7(11-2)4-3-5-8(10)6-9/h1,3-6H2,2H3. The van der Waals surface area contributed by atoms with Crippen LogP contribution in [-0.2, 0) is 9.53 Å². The number of carbonyl (C=O) groups excluding carboxylic acids is 1. The molecule has 0 aromatic rings. The average Bonchev–Trinajstić information content (AvgIpc) is 2.04. The van der Waals surface area contributed by atoms with Crippen LogP contribution >= 0.6 is 11.6 Å². The first kappa shape index (κ1) is 10.5. The Morgan fingerprint density at radius 1 is 1.55 bits per heavy atom. The lowest BCUT2D eigenvalue weighted by molar-refractivity contribution is -0.116. The third-order valence-corrected chi connectivity index (χ3v) is 1.65. The first-order valence-electron chi connectivity index (χ1n) is 3.50. The van der Waals surface area contributed by atoms with E-state index in [-0.39, 0.29) is 11.7 Å². The Bertz CT molecular complexity index is 127. The maximum absolute atomic E-state index is 10.7. The summed E-state index contributed by atoms with van der Waals surface area (Å²) in [5, 5.41) is 0. The lowest BCUT2D eigenvalue weighted by Gasteiger charge is -2.01. The largest absolute Gasteiger partial charge is 0.502 e. The van der Waals surface area contributed by atoms with Crippen molar-refractivity contribution in [3.05, 3.63) is 12.3 Å². The van der Waals surface area contributed by atoms with Crippen molar-refractivity contribution >= 4 is 17.4 Å². The number of Topliss-reactive ketones (excluding diaryl/α,β-unsaturated/α-hetero) is 1. The minimum absolute atomic E-state index is 0.0792. The fraction of sp³-hybridized carbons (Fsp3) is 0.625. The predicted octanol–water partition coefficient (Wildman–Crippen LogP) is 2.12. The second kappa shape index (κ2) is 6.23. The van der Waals surface area contributed by atoms with Crippen LogP contribution in [0.2, 0.25) is 0 Å². The summed E-state index contributed by atoms with van der Waals surface area (Å²) in [5.41, 5.74) is 0. The highest BCUT2D eigenvalue weighted by molar-refractivity contribution is 6.27. The Labute approximate surface area is 72.2 Å². The minimum Gasteiger partial charge on any atom is -0.502 e. The molecule has 0 spiro atoms. The van der Waals surface area contributed by atoms with Crippen molar-refractivity contribution in [2.24, 2.45) is 0 Å². The summed E-state index contributed by atoms with van der Waals surface area (Å²) in [7, 11) is 1.58. The van der Waals surface area contributed by atoms with E-state index in [1.807, 2.05) is 0 Å². The Kier molecular flexibility index (Phi) is 5.94. The van der Waals surface area contributed by atoms with Crippen molar-refractivity contribution in [3.63, 3.8) is 0 Å². The average molecular weight is 177 g/mol. The van der Waals surface area contributed by atoms with Gasteiger partial charge in [0.2, 0.25) is 0 Å². The molecule has 0 unspecified atom stereocenters. The number of rotatable bonds is 6. The van der Waals surface area contributed by atoms with Crippen LogP contribution in [0.1, 0.15) is 19.3 Å². The Hall–Kier alpha value is -0.500. The lowest BCUT2D eigenvalue weighted by Crippen LogP contribution is -1.98. The molecule has 0 saturated carbocycles. The summed E-state index contributed by atoms with van der Waals surface area (Å²) in [6, 6.07) is 0. The van der Waals surface area contributed by atoms with Gasteiger partial charge in [-0.3, -0.25) is 4.79 Å². The van der Waals surface area contributed by atoms with Gasteiger partial charge in [-0.2, -0.15) is 0 Å². The molecule has 0 amide bonds. The minimum atomic E-state index is 0.0792. The number of allylic oxidation sites excluding steroid dienone is 1. The first-order valence-corrected chi connectivity index (χ1v) is 4.03. The second-order valence-electron chi connectivity index (χ2n) is 2.27. The van der Waals surface area contributed by atoms with Gasteiger partial charge in [-0.1, -0.05) is 6.58 Å². The molecule has 0 saturated heterocycles. The van der Waals surface area contributed by atoms with Gasteiger partial charge in [0.15, 0.2) is 0 Å². The molecule has 0 radical (unpaired) electrons. The molecule has 0 N–H and O–H groups in total. The van der Waals surface area contributed by atoms with Gasteiger partial charge in [0, 0.05) is 12.8 Å². The molecule has 0 aliphatic carbocycles. The van der Waals surface area contributed by atoms with Crippen molar-refractivity contribution < 1.29 is 9.53 Å². The van der Waals surface area contributed by atoms with Gasteiger partial charge >= 0.3 is 0 Å². The molecule has 11 heavy (non-hydrogen) atoms. The monoisotopic (exact) mass is 176 g/mol. The lowest BCUT2D eigenvalue weighted by atomic mass is 10.2. The fourth-order valence-corrected chi connectivity index (χ4v) is 0.785. The Morgan fingerprint density at radius 2 is 2.18 bits per heavy atom. The topological polar surface area (TPSA) is 26.3 Å². The van der Waals surface area contributed by atoms with Crippen LogP contribution in [0, 0.1) is 0 Å². The van der Waals surface area contributed by atoms with E-state index >= 15 is 0 Å². The van der Waals surface area contributed by atoms with E-state index in [4.69, 9.17) is 16.3 Å². The number of halogens is 1. The molecule has 3 heteroatoms. The summed E-state index contributed by atoms with van der Waals surface area (Å²) in [6.45, 7) is 3.63. The van der Waals surface area contributed by atoms with Crippen molar-refractivity contribution in [1.29, 1.82) is 0 Å². The second-order valence-corrected chi connectivity index (χ2v) is 2.54. The molecule has 0 rings (SSSR count). The van der Waals surface area contributed by atoms with Gasteiger partial charge in [0.25, 0.3) is 0 Å². The van der Waals surface area contributed by atoms with Crippen molar-refractivity contribution in [3.8, 4) is 0 Å². The molecule has 0 fully saturated rings. The summed E-state index contributed by atoms with van der Waals surface area (Å²) in [6.07, 6.45) is 2.03. The van der Waals surface area contributed by atoms with Gasteiger partial charge in [0.05, 0.1) is 18.7 Å². The van der Waals surface area contributed by atoms with E-state index in [0.29, 0.717) is 12.2 Å². The van der Waals surface area contributed by atoms with Crippen molar-refractivity contribution in [1.82, 2.24) is 0 Å². The quantitative estimate of drug-likeness (QED) is 0.458. The van der Waals surface area contributed by atoms with Crippen LogP contribution in [0.3, 0.4) is 0 Å². The van der Waals surface area contributed by atoms with E-state index in [9.17, 15) is 4.79 Å². The first-order chi connectivity index (χ1) is 5.20. The van der Waals surface area contributed by atoms with E-state index in [1.54, 1.807) is 7.11 Å². The SMILES string of the molecule is C=C(CCCC(=O)CCl)OC. The summed E-state index contributed by atoms with van der Waals surface area (Å²) >= 11 is 5.30. The zero-order valence-electron chi connectivity index (χ0n) is 6.73. The van der Waals surface area contributed by atoms with Gasteiger partial charge in [-0.05, 0) is 6.42 Å². The van der Waals surface area contributed by atoms with Crippen LogP contribution in [0.4, 0.5) is 0 Å². The van der Waals surface area contributed by atoms with E-state index < -0.39 is 0 Å². The molecule has 0 aliphatic heterocycles. The van der Waals surface area contributed by atoms with E-state index in [2.05, 4.69) is 6.58 Å². The molecule has 0 aliphatic rings. The highest BCUT2D eigenvalue weighted by atomic mass is 35.5. The zero-order valence-corrected chi connectivity index (χ0v) is 7.49. The number of hydrogen-bond donors (Lipinski definition) is 0. The van der Waals surface area contributed by atoms with Crippen molar-refractivity contribution in [2.45, 2.75) is 19.3 Å². The van der Waals surface area contributed by atoms with Crippen LogP contribution in [0.5, 0.6) is 0 Å². The van der Waals surface area contributed by atoms with Crippen LogP contribution in [0.25, 0.3) is 0 Å². The third-order valence-electron chi connectivity index (χ3n) is 1.35. The van der Waals surface area contributed by atoms with E-state index in [1.165, 1.54) is 0 Å². The number of alkyl halides is 1. The highest BCUT2D eigenvalue weighted by Crippen LogP contribution is 2.05. The Morgan fingerprint density at radius 3 is 2.64 bits per heavy atom. The van der Waals surface area contributed by atoms with Gasteiger partial charge < -0.3 is 4.74 Å². The van der Waals surface area contributed by atoms with E-state index in [0.717, 1.165) is 12.8 Å². The molecule has 0 bridgehead atoms. The molecule has 0 aromatic carbocycles. The molecular weight excluding hydrogens is 164 g/mol. The number of ketones is 1.